The van der Waals surface area contributed by atoms with Crippen LogP contribution in [0.15, 0.2) is 18.2 Å². The molecule has 0 saturated heterocycles. The molecule has 1 aliphatic carbocycles. The van der Waals surface area contributed by atoms with E-state index >= 15 is 0 Å². The van der Waals surface area contributed by atoms with E-state index in [9.17, 15) is 14.3 Å². The second-order valence-corrected chi connectivity index (χ2v) is 4.94. The summed E-state index contributed by atoms with van der Waals surface area (Å²) in [5, 5.41) is 12.3. The number of aliphatic hydroxyl groups excluding tert-OH is 1. The number of benzene rings is 1. The summed E-state index contributed by atoms with van der Waals surface area (Å²) in [6.07, 6.45) is 2.75. The Morgan fingerprint density at radius 1 is 1.33 bits per heavy atom. The Morgan fingerprint density at radius 2 is 2.00 bits per heavy atom. The number of halogens is 1. The summed E-state index contributed by atoms with van der Waals surface area (Å²) in [7, 11) is 0. The lowest BCUT2D eigenvalue weighted by Gasteiger charge is -2.26. The van der Waals surface area contributed by atoms with E-state index in [1.807, 2.05) is 0 Å². The van der Waals surface area contributed by atoms with Crippen LogP contribution in [0.1, 0.15) is 41.6 Å². The number of aliphatic hydroxyl groups is 1. The van der Waals surface area contributed by atoms with Crippen molar-refractivity contribution in [3.63, 3.8) is 0 Å². The van der Waals surface area contributed by atoms with Gasteiger partial charge in [0.25, 0.3) is 5.91 Å². The highest BCUT2D eigenvalue weighted by Crippen LogP contribution is 2.19. The van der Waals surface area contributed by atoms with Crippen molar-refractivity contribution in [2.24, 2.45) is 0 Å². The Hall–Kier alpha value is -1.42. The monoisotopic (exact) mass is 251 g/mol. The number of rotatable bonds is 2. The molecular weight excluding hydrogens is 233 g/mol. The second kappa shape index (κ2) is 5.48. The van der Waals surface area contributed by atoms with Crippen LogP contribution in [0.4, 0.5) is 4.39 Å². The van der Waals surface area contributed by atoms with E-state index in [1.54, 1.807) is 13.0 Å². The Kier molecular flexibility index (Phi) is 3.97. The number of aryl methyl sites for hydroxylation is 1. The van der Waals surface area contributed by atoms with Gasteiger partial charge in [0, 0.05) is 11.6 Å². The maximum Gasteiger partial charge on any atom is 0.251 e. The molecule has 0 atom stereocenters. The molecule has 1 fully saturated rings. The summed E-state index contributed by atoms with van der Waals surface area (Å²) in [6.45, 7) is 1.79. The van der Waals surface area contributed by atoms with Gasteiger partial charge in [0.05, 0.1) is 6.10 Å². The lowest BCUT2D eigenvalue weighted by molar-refractivity contribution is 0.0866. The standard InChI is InChI=1S/C14H18FNO2/c1-9-2-3-10(15)8-13(9)14(18)16-11-4-6-12(17)7-5-11/h2-3,8,11-12,17H,4-7H2,1H3,(H,16,18). The quantitative estimate of drug-likeness (QED) is 0.846. The van der Waals surface area contributed by atoms with Crippen molar-refractivity contribution in [3.8, 4) is 0 Å². The van der Waals surface area contributed by atoms with Gasteiger partial charge in [-0.1, -0.05) is 6.07 Å². The van der Waals surface area contributed by atoms with E-state index in [2.05, 4.69) is 5.32 Å². The van der Waals surface area contributed by atoms with Gasteiger partial charge < -0.3 is 10.4 Å². The molecule has 18 heavy (non-hydrogen) atoms. The summed E-state index contributed by atoms with van der Waals surface area (Å²) < 4.78 is 13.1. The average molecular weight is 251 g/mol. The van der Waals surface area contributed by atoms with Gasteiger partial charge in [-0.2, -0.15) is 0 Å². The summed E-state index contributed by atoms with van der Waals surface area (Å²) in [6, 6.07) is 4.31. The van der Waals surface area contributed by atoms with Crippen LogP contribution in [0.2, 0.25) is 0 Å². The number of amides is 1. The van der Waals surface area contributed by atoms with Gasteiger partial charge in [0.1, 0.15) is 5.82 Å². The molecule has 2 rings (SSSR count). The van der Waals surface area contributed by atoms with Gasteiger partial charge in [-0.15, -0.1) is 0 Å². The highest BCUT2D eigenvalue weighted by Gasteiger charge is 2.21. The SMILES string of the molecule is Cc1ccc(F)cc1C(=O)NC1CCC(O)CC1. The zero-order valence-electron chi connectivity index (χ0n) is 10.4. The average Bonchev–Trinajstić information content (AvgIpc) is 2.35. The first-order chi connectivity index (χ1) is 8.56. The molecule has 0 spiro atoms. The fourth-order valence-corrected chi connectivity index (χ4v) is 2.32. The highest BCUT2D eigenvalue weighted by atomic mass is 19.1. The van der Waals surface area contributed by atoms with Crippen LogP contribution < -0.4 is 5.32 Å². The van der Waals surface area contributed by atoms with E-state index in [1.165, 1.54) is 12.1 Å². The first kappa shape index (κ1) is 13.0. The third kappa shape index (κ3) is 3.07. The Labute approximate surface area is 106 Å². The molecule has 0 radical (unpaired) electrons. The molecule has 4 heteroatoms. The predicted molar refractivity (Wildman–Crippen MR) is 66.9 cm³/mol. The topological polar surface area (TPSA) is 49.3 Å². The minimum absolute atomic E-state index is 0.0866. The summed E-state index contributed by atoms with van der Waals surface area (Å²) in [5.41, 5.74) is 1.16. The first-order valence-corrected chi connectivity index (χ1v) is 6.31. The molecule has 2 N–H and O–H groups in total. The van der Waals surface area contributed by atoms with Crippen LogP contribution in [0.5, 0.6) is 0 Å². The van der Waals surface area contributed by atoms with Crippen molar-refractivity contribution in [1.82, 2.24) is 5.32 Å². The lowest BCUT2D eigenvalue weighted by Crippen LogP contribution is -2.38. The molecule has 0 unspecified atom stereocenters. The fraction of sp³-hybridized carbons (Fsp3) is 0.500. The van der Waals surface area contributed by atoms with Crippen LogP contribution in [-0.2, 0) is 0 Å². The number of carbonyl (C=O) groups is 1. The summed E-state index contributed by atoms with van der Waals surface area (Å²) in [4.78, 5) is 12.0. The van der Waals surface area contributed by atoms with Crippen molar-refractivity contribution >= 4 is 5.91 Å². The molecule has 1 amide bonds. The van der Waals surface area contributed by atoms with E-state index in [0.717, 1.165) is 18.4 Å². The van der Waals surface area contributed by atoms with Crippen molar-refractivity contribution in [2.45, 2.75) is 44.8 Å². The van der Waals surface area contributed by atoms with Gasteiger partial charge in [-0.3, -0.25) is 4.79 Å². The number of hydrogen-bond acceptors (Lipinski definition) is 2. The highest BCUT2D eigenvalue weighted by molar-refractivity contribution is 5.95. The molecule has 0 heterocycles. The van der Waals surface area contributed by atoms with Crippen molar-refractivity contribution in [2.75, 3.05) is 0 Å². The molecule has 0 aromatic heterocycles. The van der Waals surface area contributed by atoms with Gasteiger partial charge in [-0.05, 0) is 50.3 Å². The van der Waals surface area contributed by atoms with E-state index in [-0.39, 0.29) is 18.1 Å². The van der Waals surface area contributed by atoms with E-state index < -0.39 is 5.82 Å². The summed E-state index contributed by atoms with van der Waals surface area (Å²) >= 11 is 0. The van der Waals surface area contributed by atoms with Crippen LogP contribution in [0, 0.1) is 12.7 Å². The van der Waals surface area contributed by atoms with Gasteiger partial charge in [-0.25, -0.2) is 4.39 Å². The molecule has 1 saturated carbocycles. The normalized spacial score (nSPS) is 23.7. The molecule has 0 aliphatic heterocycles. The lowest BCUT2D eigenvalue weighted by atomic mass is 9.93. The number of hydrogen-bond donors (Lipinski definition) is 2. The van der Waals surface area contributed by atoms with Crippen molar-refractivity contribution in [1.29, 1.82) is 0 Å². The molecule has 1 aromatic carbocycles. The summed E-state index contributed by atoms with van der Waals surface area (Å²) in [5.74, 6) is -0.627. The van der Waals surface area contributed by atoms with Crippen molar-refractivity contribution < 1.29 is 14.3 Å². The molecule has 1 aromatic rings. The van der Waals surface area contributed by atoms with Crippen LogP contribution >= 0.6 is 0 Å². The van der Waals surface area contributed by atoms with Crippen LogP contribution in [-0.4, -0.2) is 23.2 Å². The maximum absolute atomic E-state index is 13.1. The molecule has 3 nitrogen and oxygen atoms in total. The molecule has 98 valence electrons. The number of carbonyl (C=O) groups excluding carboxylic acids is 1. The molecular formula is C14H18FNO2. The zero-order valence-corrected chi connectivity index (χ0v) is 10.4. The third-order valence-corrected chi connectivity index (χ3v) is 3.48. The van der Waals surface area contributed by atoms with Crippen LogP contribution in [0.25, 0.3) is 0 Å². The van der Waals surface area contributed by atoms with Crippen LogP contribution in [0.3, 0.4) is 0 Å². The Bertz CT molecular complexity index is 439. The fourth-order valence-electron chi connectivity index (χ4n) is 2.32. The first-order valence-electron chi connectivity index (χ1n) is 6.31. The van der Waals surface area contributed by atoms with Crippen molar-refractivity contribution in [3.05, 3.63) is 35.1 Å². The Balaban J connectivity index is 2.01. The third-order valence-electron chi connectivity index (χ3n) is 3.48. The zero-order chi connectivity index (χ0) is 13.1. The number of nitrogens with one attached hydrogen (secondary N) is 1. The van der Waals surface area contributed by atoms with Gasteiger partial charge >= 0.3 is 0 Å². The minimum atomic E-state index is -0.398. The smallest absolute Gasteiger partial charge is 0.251 e. The van der Waals surface area contributed by atoms with Gasteiger partial charge in [0.15, 0.2) is 0 Å². The predicted octanol–water partition coefficient (Wildman–Crippen LogP) is 2.17. The van der Waals surface area contributed by atoms with E-state index in [0.29, 0.717) is 18.4 Å². The minimum Gasteiger partial charge on any atom is -0.393 e. The maximum atomic E-state index is 13.1. The Morgan fingerprint density at radius 3 is 2.67 bits per heavy atom. The van der Waals surface area contributed by atoms with Gasteiger partial charge in [0.2, 0.25) is 0 Å². The molecule has 0 bridgehead atoms. The molecule has 1 aliphatic rings. The second-order valence-electron chi connectivity index (χ2n) is 4.94. The van der Waals surface area contributed by atoms with E-state index in [4.69, 9.17) is 0 Å². The largest absolute Gasteiger partial charge is 0.393 e.